The predicted molar refractivity (Wildman–Crippen MR) is 78.4 cm³/mol. The summed E-state index contributed by atoms with van der Waals surface area (Å²) in [4.78, 5) is 11.7. The number of thioether (sulfide) groups is 1. The van der Waals surface area contributed by atoms with Crippen LogP contribution in [0, 0.1) is 0 Å². The Morgan fingerprint density at radius 2 is 2.35 bits per heavy atom. The summed E-state index contributed by atoms with van der Waals surface area (Å²) in [5.74, 6) is 1.69. The maximum absolute atomic E-state index is 11.7. The van der Waals surface area contributed by atoms with Crippen LogP contribution in [0.1, 0.15) is 10.4 Å². The third-order valence-corrected chi connectivity index (χ3v) is 3.71. The van der Waals surface area contributed by atoms with Crippen molar-refractivity contribution in [3.05, 3.63) is 40.9 Å². The minimum absolute atomic E-state index is 0.0941. The van der Waals surface area contributed by atoms with Gasteiger partial charge in [0.05, 0.1) is 0 Å². The summed E-state index contributed by atoms with van der Waals surface area (Å²) < 4.78 is 0.801. The molecule has 0 bridgehead atoms. The zero-order valence-corrected chi connectivity index (χ0v) is 11.8. The number of amides is 1. The second-order valence-corrected chi connectivity index (χ2v) is 5.36. The van der Waals surface area contributed by atoms with E-state index in [0.29, 0.717) is 17.8 Å². The molecule has 3 nitrogen and oxygen atoms in total. The van der Waals surface area contributed by atoms with Crippen molar-refractivity contribution in [2.24, 2.45) is 0 Å². The number of halogens is 1. The average Bonchev–Trinajstić information content (AvgIpc) is 2.32. The van der Waals surface area contributed by atoms with E-state index in [4.69, 9.17) is 5.73 Å². The van der Waals surface area contributed by atoms with Crippen LogP contribution < -0.4 is 11.1 Å². The van der Waals surface area contributed by atoms with E-state index in [9.17, 15) is 4.79 Å². The fourth-order valence-electron chi connectivity index (χ4n) is 1.19. The summed E-state index contributed by atoms with van der Waals surface area (Å²) in [5, 5.41) is 2.84. The number of nitrogens with two attached hydrogens (primary N) is 1. The highest BCUT2D eigenvalue weighted by Gasteiger charge is 2.06. The number of nitrogen functional groups attached to an aromatic ring is 1. The number of rotatable bonds is 6. The van der Waals surface area contributed by atoms with Gasteiger partial charge in [0, 0.05) is 33.8 Å². The summed E-state index contributed by atoms with van der Waals surface area (Å²) in [5.41, 5.74) is 6.86. The van der Waals surface area contributed by atoms with Gasteiger partial charge in [0.2, 0.25) is 0 Å². The molecule has 0 aliphatic heterocycles. The fraction of sp³-hybridized carbons (Fsp3) is 0.250. The van der Waals surface area contributed by atoms with E-state index in [1.54, 1.807) is 30.0 Å². The van der Waals surface area contributed by atoms with Crippen LogP contribution in [-0.4, -0.2) is 24.0 Å². The summed E-state index contributed by atoms with van der Waals surface area (Å²) in [7, 11) is 0. The van der Waals surface area contributed by atoms with Gasteiger partial charge >= 0.3 is 0 Å². The molecule has 92 valence electrons. The van der Waals surface area contributed by atoms with Crippen molar-refractivity contribution in [1.29, 1.82) is 0 Å². The lowest BCUT2D eigenvalue weighted by atomic mass is 10.2. The highest BCUT2D eigenvalue weighted by Crippen LogP contribution is 2.20. The molecule has 0 aliphatic rings. The summed E-state index contributed by atoms with van der Waals surface area (Å²) in [6, 6.07) is 5.18. The van der Waals surface area contributed by atoms with Crippen molar-refractivity contribution in [3.63, 3.8) is 0 Å². The minimum Gasteiger partial charge on any atom is -0.398 e. The van der Waals surface area contributed by atoms with E-state index >= 15 is 0 Å². The molecule has 0 atom stereocenters. The highest BCUT2D eigenvalue weighted by atomic mass is 79.9. The molecule has 0 unspecified atom stereocenters. The maximum atomic E-state index is 11.7. The van der Waals surface area contributed by atoms with Crippen LogP contribution in [0.25, 0.3) is 0 Å². The second kappa shape index (κ2) is 7.40. The van der Waals surface area contributed by atoms with Gasteiger partial charge in [-0.25, -0.2) is 0 Å². The van der Waals surface area contributed by atoms with Crippen LogP contribution in [0.4, 0.5) is 5.69 Å². The van der Waals surface area contributed by atoms with Crippen molar-refractivity contribution in [2.45, 2.75) is 0 Å². The third-order valence-electron chi connectivity index (χ3n) is 2.03. The summed E-state index contributed by atoms with van der Waals surface area (Å²) >= 11 is 5.02. The molecule has 1 amide bonds. The Balaban J connectivity index is 2.41. The van der Waals surface area contributed by atoms with Crippen molar-refractivity contribution in [2.75, 3.05) is 23.8 Å². The van der Waals surface area contributed by atoms with E-state index in [2.05, 4.69) is 27.8 Å². The fourth-order valence-corrected chi connectivity index (χ4v) is 2.02. The lowest BCUT2D eigenvalue weighted by Crippen LogP contribution is -2.25. The second-order valence-electron chi connectivity index (χ2n) is 3.36. The zero-order chi connectivity index (χ0) is 12.7. The lowest BCUT2D eigenvalue weighted by Gasteiger charge is -2.06. The van der Waals surface area contributed by atoms with Gasteiger partial charge < -0.3 is 11.1 Å². The molecule has 17 heavy (non-hydrogen) atoms. The number of anilines is 1. The van der Waals surface area contributed by atoms with E-state index in [1.165, 1.54) is 0 Å². The standard InChI is InChI=1S/C12H15BrN2OS/c1-2-6-17-7-5-15-12(16)9-3-4-10(13)11(14)8-9/h2-4,8H,1,5-7,14H2,(H,15,16). The molecule has 1 rings (SSSR count). The first-order chi connectivity index (χ1) is 8.15. The van der Waals surface area contributed by atoms with Crippen LogP contribution in [0.3, 0.4) is 0 Å². The number of carbonyl (C=O) groups excluding carboxylic acids is 1. The normalized spacial score (nSPS) is 9.94. The van der Waals surface area contributed by atoms with Crippen molar-refractivity contribution >= 4 is 39.3 Å². The number of benzene rings is 1. The Morgan fingerprint density at radius 3 is 3.00 bits per heavy atom. The molecular formula is C12H15BrN2OS. The Labute approximate surface area is 114 Å². The predicted octanol–water partition coefficient (Wildman–Crippen LogP) is 2.68. The molecule has 3 N–H and O–H groups in total. The molecule has 0 aromatic heterocycles. The number of carbonyl (C=O) groups is 1. The SMILES string of the molecule is C=CCSCCNC(=O)c1ccc(Br)c(N)c1. The van der Waals surface area contributed by atoms with E-state index < -0.39 is 0 Å². The first-order valence-electron chi connectivity index (χ1n) is 5.17. The van der Waals surface area contributed by atoms with Gasteiger partial charge in [0.1, 0.15) is 0 Å². The molecule has 1 aromatic carbocycles. The third kappa shape index (κ3) is 4.83. The number of hydrogen-bond donors (Lipinski definition) is 2. The zero-order valence-electron chi connectivity index (χ0n) is 9.41. The van der Waals surface area contributed by atoms with E-state index in [-0.39, 0.29) is 5.91 Å². The van der Waals surface area contributed by atoms with Gasteiger partial charge in [-0.05, 0) is 34.1 Å². The smallest absolute Gasteiger partial charge is 0.251 e. The highest BCUT2D eigenvalue weighted by molar-refractivity contribution is 9.10. The van der Waals surface area contributed by atoms with Gasteiger partial charge in [-0.3, -0.25) is 4.79 Å². The van der Waals surface area contributed by atoms with Gasteiger partial charge in [0.15, 0.2) is 0 Å². The maximum Gasteiger partial charge on any atom is 0.251 e. The molecule has 0 heterocycles. The summed E-state index contributed by atoms with van der Waals surface area (Å²) in [6.45, 7) is 4.28. The molecule has 1 aromatic rings. The topological polar surface area (TPSA) is 55.1 Å². The van der Waals surface area contributed by atoms with Crippen molar-refractivity contribution in [3.8, 4) is 0 Å². The largest absolute Gasteiger partial charge is 0.398 e. The average molecular weight is 315 g/mol. The number of hydrogen-bond acceptors (Lipinski definition) is 3. The van der Waals surface area contributed by atoms with Crippen molar-refractivity contribution in [1.82, 2.24) is 5.32 Å². The molecule has 5 heteroatoms. The van der Waals surface area contributed by atoms with Crippen LogP contribution in [0.2, 0.25) is 0 Å². The van der Waals surface area contributed by atoms with Gasteiger partial charge in [-0.1, -0.05) is 6.08 Å². The Kier molecular flexibility index (Phi) is 6.15. The Hall–Kier alpha value is -0.940. The van der Waals surface area contributed by atoms with Gasteiger partial charge in [-0.15, -0.1) is 6.58 Å². The van der Waals surface area contributed by atoms with E-state index in [1.807, 2.05) is 6.08 Å². The monoisotopic (exact) mass is 314 g/mol. The van der Waals surface area contributed by atoms with E-state index in [0.717, 1.165) is 16.0 Å². The lowest BCUT2D eigenvalue weighted by molar-refractivity contribution is 0.0956. The van der Waals surface area contributed by atoms with Crippen LogP contribution in [0.15, 0.2) is 35.3 Å². The van der Waals surface area contributed by atoms with Crippen molar-refractivity contribution < 1.29 is 4.79 Å². The molecule has 0 aliphatic carbocycles. The Bertz CT molecular complexity index is 409. The minimum atomic E-state index is -0.0941. The van der Waals surface area contributed by atoms with Gasteiger partial charge in [-0.2, -0.15) is 11.8 Å². The molecule has 0 spiro atoms. The first-order valence-corrected chi connectivity index (χ1v) is 7.11. The molecule has 0 saturated carbocycles. The molecule has 0 radical (unpaired) electrons. The van der Waals surface area contributed by atoms with Crippen LogP contribution in [-0.2, 0) is 0 Å². The molecule has 0 fully saturated rings. The Morgan fingerprint density at radius 1 is 1.59 bits per heavy atom. The van der Waals surface area contributed by atoms with Crippen LogP contribution in [0.5, 0.6) is 0 Å². The summed E-state index contributed by atoms with van der Waals surface area (Å²) in [6.07, 6.45) is 1.85. The number of nitrogens with one attached hydrogen (secondary N) is 1. The molecule has 0 saturated heterocycles. The van der Waals surface area contributed by atoms with Gasteiger partial charge in [0.25, 0.3) is 5.91 Å². The quantitative estimate of drug-likeness (QED) is 0.482. The molecular weight excluding hydrogens is 300 g/mol. The first kappa shape index (κ1) is 14.1. The van der Waals surface area contributed by atoms with Crippen LogP contribution >= 0.6 is 27.7 Å².